The Morgan fingerprint density at radius 1 is 1.14 bits per heavy atom. The normalized spacial score (nSPS) is 20.2. The highest BCUT2D eigenvalue weighted by molar-refractivity contribution is 5.79. The van der Waals surface area contributed by atoms with Crippen molar-refractivity contribution in [3.63, 3.8) is 0 Å². The zero-order valence-electron chi connectivity index (χ0n) is 15.6. The van der Waals surface area contributed by atoms with E-state index in [2.05, 4.69) is 31.8 Å². The van der Waals surface area contributed by atoms with Crippen molar-refractivity contribution in [2.75, 3.05) is 31.1 Å². The molecule has 0 bridgehead atoms. The SMILES string of the molecule is O=C(C1CC=CCC1)N1CCN(c2ccc(-c3noc(C(F)(F)F)n3)cn2)CC1. The third-order valence-corrected chi connectivity index (χ3v) is 5.21. The molecule has 1 saturated heterocycles. The van der Waals surface area contributed by atoms with Crippen molar-refractivity contribution >= 4 is 11.7 Å². The monoisotopic (exact) mass is 407 g/mol. The minimum atomic E-state index is -4.68. The minimum absolute atomic E-state index is 0.0838. The topological polar surface area (TPSA) is 75.4 Å². The summed E-state index contributed by atoms with van der Waals surface area (Å²) in [6, 6.07) is 3.32. The first-order chi connectivity index (χ1) is 13.9. The van der Waals surface area contributed by atoms with E-state index in [1.54, 1.807) is 12.1 Å². The lowest BCUT2D eigenvalue weighted by Gasteiger charge is -2.37. The van der Waals surface area contributed by atoms with Crippen molar-refractivity contribution in [1.29, 1.82) is 0 Å². The maximum Gasteiger partial charge on any atom is 0.471 e. The van der Waals surface area contributed by atoms with Gasteiger partial charge < -0.3 is 14.3 Å². The van der Waals surface area contributed by atoms with Gasteiger partial charge in [-0.2, -0.15) is 18.2 Å². The number of allylic oxidation sites excluding steroid dienone is 2. The van der Waals surface area contributed by atoms with Crippen LogP contribution in [0.15, 0.2) is 35.0 Å². The summed E-state index contributed by atoms with van der Waals surface area (Å²) in [6.07, 6.45) is 3.62. The van der Waals surface area contributed by atoms with Gasteiger partial charge in [-0.05, 0) is 31.4 Å². The molecule has 3 heterocycles. The number of nitrogens with zero attached hydrogens (tertiary/aromatic N) is 5. The van der Waals surface area contributed by atoms with Crippen molar-refractivity contribution in [2.45, 2.75) is 25.4 Å². The summed E-state index contributed by atoms with van der Waals surface area (Å²) in [7, 11) is 0. The average molecular weight is 407 g/mol. The van der Waals surface area contributed by atoms with E-state index in [4.69, 9.17) is 0 Å². The number of anilines is 1. The van der Waals surface area contributed by atoms with Crippen LogP contribution in [0.3, 0.4) is 0 Å². The zero-order valence-corrected chi connectivity index (χ0v) is 15.6. The molecule has 2 aromatic rings. The standard InChI is InChI=1S/C19H20F3N5O2/c20-19(21,22)18-24-16(25-29-18)14-6-7-15(23-12-14)26-8-10-27(11-9-26)17(28)13-4-2-1-3-5-13/h1-2,6-7,12-13H,3-5,8-11H2. The maximum absolute atomic E-state index is 12.6. The van der Waals surface area contributed by atoms with E-state index in [9.17, 15) is 18.0 Å². The number of pyridine rings is 1. The van der Waals surface area contributed by atoms with Gasteiger partial charge in [-0.15, -0.1) is 0 Å². The Balaban J connectivity index is 1.36. The number of rotatable bonds is 3. The predicted octanol–water partition coefficient (Wildman–Crippen LogP) is 3.16. The molecule has 4 rings (SSSR count). The molecule has 0 aromatic carbocycles. The lowest BCUT2D eigenvalue weighted by atomic mass is 9.93. The molecule has 7 nitrogen and oxygen atoms in total. The fourth-order valence-corrected chi connectivity index (χ4v) is 3.59. The third-order valence-electron chi connectivity index (χ3n) is 5.21. The minimum Gasteiger partial charge on any atom is -0.353 e. The summed E-state index contributed by atoms with van der Waals surface area (Å²) in [5.74, 6) is -0.546. The Morgan fingerprint density at radius 3 is 2.52 bits per heavy atom. The lowest BCUT2D eigenvalue weighted by molar-refractivity contribution is -0.159. The predicted molar refractivity (Wildman–Crippen MR) is 97.8 cm³/mol. The van der Waals surface area contributed by atoms with Gasteiger partial charge in [0, 0.05) is 43.9 Å². The van der Waals surface area contributed by atoms with Gasteiger partial charge in [0.05, 0.1) is 0 Å². The Kier molecular flexibility index (Phi) is 5.25. The van der Waals surface area contributed by atoms with E-state index in [-0.39, 0.29) is 17.6 Å². The summed E-state index contributed by atoms with van der Waals surface area (Å²) < 4.78 is 42.0. The third kappa shape index (κ3) is 4.25. The highest BCUT2D eigenvalue weighted by Crippen LogP contribution is 2.29. The van der Waals surface area contributed by atoms with E-state index in [1.165, 1.54) is 6.20 Å². The number of alkyl halides is 3. The molecular weight excluding hydrogens is 387 g/mol. The summed E-state index contributed by atoms with van der Waals surface area (Å²) >= 11 is 0. The molecule has 0 spiro atoms. The van der Waals surface area contributed by atoms with Crippen LogP contribution >= 0.6 is 0 Å². The van der Waals surface area contributed by atoms with Crippen LogP contribution in [0.1, 0.15) is 25.2 Å². The number of carbonyl (C=O) groups is 1. The molecule has 0 N–H and O–H groups in total. The van der Waals surface area contributed by atoms with E-state index < -0.39 is 12.1 Å². The summed E-state index contributed by atoms with van der Waals surface area (Å²) in [6.45, 7) is 2.56. The van der Waals surface area contributed by atoms with Gasteiger partial charge in [0.1, 0.15) is 5.82 Å². The first-order valence-electron chi connectivity index (χ1n) is 9.48. The van der Waals surface area contributed by atoms with Crippen molar-refractivity contribution < 1.29 is 22.5 Å². The summed E-state index contributed by atoms with van der Waals surface area (Å²) in [5.41, 5.74) is 0.340. The van der Waals surface area contributed by atoms with Gasteiger partial charge >= 0.3 is 12.1 Å². The molecule has 2 aromatic heterocycles. The molecule has 2 aliphatic rings. The molecule has 1 aliphatic heterocycles. The van der Waals surface area contributed by atoms with Crippen LogP contribution in [0.4, 0.5) is 19.0 Å². The van der Waals surface area contributed by atoms with Crippen LogP contribution in [0, 0.1) is 5.92 Å². The second-order valence-corrected chi connectivity index (χ2v) is 7.12. The Bertz CT molecular complexity index is 886. The van der Waals surface area contributed by atoms with Crippen LogP contribution < -0.4 is 4.90 Å². The fourth-order valence-electron chi connectivity index (χ4n) is 3.59. The molecule has 154 valence electrons. The van der Waals surface area contributed by atoms with Gasteiger partial charge in [-0.3, -0.25) is 4.79 Å². The molecule has 1 atom stereocenters. The number of piperazine rings is 1. The van der Waals surface area contributed by atoms with Crippen molar-refractivity contribution in [3.05, 3.63) is 36.4 Å². The molecule has 1 amide bonds. The van der Waals surface area contributed by atoms with Gasteiger partial charge in [-0.25, -0.2) is 4.98 Å². The number of amides is 1. The average Bonchev–Trinajstić information content (AvgIpc) is 3.25. The van der Waals surface area contributed by atoms with Crippen LogP contribution in [0.2, 0.25) is 0 Å². The van der Waals surface area contributed by atoms with Gasteiger partial charge in [0.15, 0.2) is 0 Å². The number of aromatic nitrogens is 3. The van der Waals surface area contributed by atoms with Crippen LogP contribution in [0.5, 0.6) is 0 Å². The molecule has 1 aliphatic carbocycles. The number of halogens is 3. The van der Waals surface area contributed by atoms with E-state index in [0.717, 1.165) is 19.3 Å². The fraction of sp³-hybridized carbons (Fsp3) is 0.474. The first kappa shape index (κ1) is 19.4. The van der Waals surface area contributed by atoms with Gasteiger partial charge in [0.2, 0.25) is 11.7 Å². The van der Waals surface area contributed by atoms with E-state index in [0.29, 0.717) is 37.6 Å². The Morgan fingerprint density at radius 2 is 1.93 bits per heavy atom. The molecule has 0 saturated carbocycles. The molecule has 10 heteroatoms. The smallest absolute Gasteiger partial charge is 0.353 e. The Hall–Kier alpha value is -2.91. The highest BCUT2D eigenvalue weighted by atomic mass is 19.4. The molecular formula is C19H20F3N5O2. The molecule has 1 fully saturated rings. The second kappa shape index (κ2) is 7.84. The number of hydrogen-bond donors (Lipinski definition) is 0. The Labute approximate surface area is 165 Å². The van der Waals surface area contributed by atoms with Gasteiger partial charge in [-0.1, -0.05) is 17.3 Å². The second-order valence-electron chi connectivity index (χ2n) is 7.12. The summed E-state index contributed by atoms with van der Waals surface area (Å²) in [5, 5.41) is 3.36. The molecule has 0 radical (unpaired) electrons. The zero-order chi connectivity index (χ0) is 20.4. The van der Waals surface area contributed by atoms with Gasteiger partial charge in [0.25, 0.3) is 0 Å². The number of carbonyl (C=O) groups excluding carboxylic acids is 1. The van der Waals surface area contributed by atoms with Crippen molar-refractivity contribution in [1.82, 2.24) is 20.0 Å². The molecule has 1 unspecified atom stereocenters. The maximum atomic E-state index is 12.6. The van der Waals surface area contributed by atoms with Crippen LogP contribution in [0.25, 0.3) is 11.4 Å². The summed E-state index contributed by atoms with van der Waals surface area (Å²) in [4.78, 5) is 24.3. The van der Waals surface area contributed by atoms with Crippen molar-refractivity contribution in [3.8, 4) is 11.4 Å². The number of hydrogen-bond acceptors (Lipinski definition) is 6. The lowest BCUT2D eigenvalue weighted by Crippen LogP contribution is -2.50. The largest absolute Gasteiger partial charge is 0.471 e. The highest BCUT2D eigenvalue weighted by Gasteiger charge is 2.38. The van der Waals surface area contributed by atoms with Crippen LogP contribution in [-0.2, 0) is 11.0 Å². The van der Waals surface area contributed by atoms with E-state index >= 15 is 0 Å². The quantitative estimate of drug-likeness (QED) is 0.728. The molecule has 29 heavy (non-hydrogen) atoms. The van der Waals surface area contributed by atoms with E-state index in [1.807, 2.05) is 9.80 Å². The van der Waals surface area contributed by atoms with Crippen LogP contribution in [-0.4, -0.2) is 52.1 Å². The van der Waals surface area contributed by atoms with Crippen molar-refractivity contribution in [2.24, 2.45) is 5.92 Å². The first-order valence-corrected chi connectivity index (χ1v) is 9.48.